The van der Waals surface area contributed by atoms with Crippen LogP contribution in [0.2, 0.25) is 0 Å². The van der Waals surface area contributed by atoms with E-state index in [1.54, 1.807) is 0 Å². The van der Waals surface area contributed by atoms with Gasteiger partial charge in [0.2, 0.25) is 0 Å². The van der Waals surface area contributed by atoms with E-state index in [-0.39, 0.29) is 12.0 Å². The summed E-state index contributed by atoms with van der Waals surface area (Å²) in [7, 11) is 0. The number of aliphatic hydroxyl groups excluding tert-OH is 1. The van der Waals surface area contributed by atoms with Crippen LogP contribution in [-0.4, -0.2) is 16.2 Å². The molecule has 0 saturated heterocycles. The molecule has 2 aromatic rings. The first kappa shape index (κ1) is 11.2. The van der Waals surface area contributed by atoms with Crippen LogP contribution in [0.5, 0.6) is 0 Å². The number of benzene rings is 1. The quantitative estimate of drug-likeness (QED) is 0.739. The van der Waals surface area contributed by atoms with Crippen molar-refractivity contribution in [3.05, 3.63) is 36.0 Å². The number of rotatable bonds is 3. The molecule has 0 spiro atoms. The highest BCUT2D eigenvalue weighted by Crippen LogP contribution is 2.26. The molecule has 3 nitrogen and oxygen atoms in total. The summed E-state index contributed by atoms with van der Waals surface area (Å²) < 4.78 is 0. The molecule has 2 rings (SSSR count). The molecule has 1 heterocycles. The molecule has 1 aromatic heterocycles. The maximum absolute atomic E-state index is 10.0. The Morgan fingerprint density at radius 1 is 1.25 bits per heavy atom. The predicted molar refractivity (Wildman–Crippen MR) is 66.1 cm³/mol. The van der Waals surface area contributed by atoms with E-state index < -0.39 is 6.10 Å². The molecule has 16 heavy (non-hydrogen) atoms. The number of hydrogen-bond donors (Lipinski definition) is 3. The predicted octanol–water partition coefficient (Wildman–Crippen LogP) is 2.18. The average molecular weight is 218 g/mol. The minimum Gasteiger partial charge on any atom is -0.391 e. The van der Waals surface area contributed by atoms with Crippen LogP contribution in [0.25, 0.3) is 10.9 Å². The zero-order chi connectivity index (χ0) is 11.7. The Bertz CT molecular complexity index is 475. The largest absolute Gasteiger partial charge is 0.391 e. The third-order valence-corrected chi connectivity index (χ3v) is 3.04. The van der Waals surface area contributed by atoms with E-state index in [0.717, 1.165) is 16.5 Å². The second-order valence-electron chi connectivity index (χ2n) is 4.55. The Labute approximate surface area is 95.3 Å². The first-order valence-electron chi connectivity index (χ1n) is 5.61. The number of aliphatic hydroxyl groups is 1. The van der Waals surface area contributed by atoms with Gasteiger partial charge in [-0.25, -0.2) is 0 Å². The molecule has 0 bridgehead atoms. The van der Waals surface area contributed by atoms with Gasteiger partial charge in [-0.1, -0.05) is 26.0 Å². The smallest absolute Gasteiger partial charge is 0.0755 e. The summed E-state index contributed by atoms with van der Waals surface area (Å²) in [6.07, 6.45) is 1.38. The molecule has 0 fully saturated rings. The van der Waals surface area contributed by atoms with Crippen molar-refractivity contribution in [2.45, 2.75) is 26.0 Å². The van der Waals surface area contributed by atoms with E-state index in [4.69, 9.17) is 5.73 Å². The van der Waals surface area contributed by atoms with Crippen LogP contribution in [0.15, 0.2) is 30.5 Å². The first-order valence-corrected chi connectivity index (χ1v) is 5.61. The van der Waals surface area contributed by atoms with Crippen molar-refractivity contribution >= 4 is 10.9 Å². The fraction of sp³-hybridized carbons (Fsp3) is 0.385. The standard InChI is InChI=1S/C13H18N2O/c1-8(2)13(16)12(14)10-4-3-5-11-9(10)6-7-15-11/h3-8,12-13,15-16H,14H2,1-2H3/t12-,13+/m0/s1. The van der Waals surface area contributed by atoms with Gasteiger partial charge in [0, 0.05) is 17.1 Å². The van der Waals surface area contributed by atoms with Crippen LogP contribution in [0, 0.1) is 5.92 Å². The van der Waals surface area contributed by atoms with Crippen LogP contribution in [0.4, 0.5) is 0 Å². The molecule has 0 radical (unpaired) electrons. The van der Waals surface area contributed by atoms with E-state index in [1.807, 2.05) is 44.3 Å². The molecule has 1 aromatic carbocycles. The molecule has 0 aliphatic rings. The highest BCUT2D eigenvalue weighted by Gasteiger charge is 2.21. The van der Waals surface area contributed by atoms with E-state index in [1.165, 1.54) is 0 Å². The Kier molecular flexibility index (Phi) is 2.99. The molecule has 0 aliphatic carbocycles. The number of aromatic nitrogens is 1. The fourth-order valence-corrected chi connectivity index (χ4v) is 2.00. The number of nitrogens with one attached hydrogen (secondary N) is 1. The summed E-state index contributed by atoms with van der Waals surface area (Å²) in [6.45, 7) is 3.95. The van der Waals surface area contributed by atoms with Crippen LogP contribution >= 0.6 is 0 Å². The Morgan fingerprint density at radius 3 is 2.69 bits per heavy atom. The Morgan fingerprint density at radius 2 is 2.00 bits per heavy atom. The van der Waals surface area contributed by atoms with Gasteiger partial charge in [0.25, 0.3) is 0 Å². The van der Waals surface area contributed by atoms with Crippen molar-refractivity contribution in [1.82, 2.24) is 4.98 Å². The highest BCUT2D eigenvalue weighted by atomic mass is 16.3. The summed E-state index contributed by atoms with van der Waals surface area (Å²) >= 11 is 0. The maximum atomic E-state index is 10.0. The molecule has 0 aliphatic heterocycles. The Hall–Kier alpha value is -1.32. The molecule has 0 unspecified atom stereocenters. The Balaban J connectivity index is 2.42. The SMILES string of the molecule is CC(C)[C@@H](O)[C@@H](N)c1cccc2[nH]ccc12. The van der Waals surface area contributed by atoms with Crippen molar-refractivity contribution in [2.75, 3.05) is 0 Å². The van der Waals surface area contributed by atoms with E-state index >= 15 is 0 Å². The second-order valence-corrected chi connectivity index (χ2v) is 4.55. The van der Waals surface area contributed by atoms with Gasteiger partial charge in [-0.2, -0.15) is 0 Å². The monoisotopic (exact) mass is 218 g/mol. The summed E-state index contributed by atoms with van der Waals surface area (Å²) in [5.74, 6) is 0.157. The summed E-state index contributed by atoms with van der Waals surface area (Å²) in [5.41, 5.74) is 8.16. The van der Waals surface area contributed by atoms with Gasteiger partial charge in [-0.3, -0.25) is 0 Å². The zero-order valence-electron chi connectivity index (χ0n) is 9.64. The van der Waals surface area contributed by atoms with E-state index in [9.17, 15) is 5.11 Å². The summed E-state index contributed by atoms with van der Waals surface area (Å²) in [6, 6.07) is 7.61. The molecule has 2 atom stereocenters. The number of H-pyrrole nitrogens is 1. The topological polar surface area (TPSA) is 62.0 Å². The van der Waals surface area contributed by atoms with Gasteiger partial charge in [0.05, 0.1) is 12.1 Å². The third kappa shape index (κ3) is 1.84. The molecule has 86 valence electrons. The van der Waals surface area contributed by atoms with Gasteiger partial charge in [-0.15, -0.1) is 0 Å². The van der Waals surface area contributed by atoms with E-state index in [0.29, 0.717) is 0 Å². The molecule has 0 amide bonds. The van der Waals surface area contributed by atoms with Gasteiger partial charge in [-0.05, 0) is 23.6 Å². The fourth-order valence-electron chi connectivity index (χ4n) is 2.00. The van der Waals surface area contributed by atoms with Gasteiger partial charge in [0.15, 0.2) is 0 Å². The number of nitrogens with two attached hydrogens (primary N) is 1. The number of hydrogen-bond acceptors (Lipinski definition) is 2. The third-order valence-electron chi connectivity index (χ3n) is 3.04. The molecular formula is C13H18N2O. The van der Waals surface area contributed by atoms with Crippen LogP contribution in [0.3, 0.4) is 0 Å². The van der Waals surface area contributed by atoms with Gasteiger partial charge < -0.3 is 15.8 Å². The van der Waals surface area contributed by atoms with Crippen molar-refractivity contribution in [1.29, 1.82) is 0 Å². The first-order chi connectivity index (χ1) is 7.61. The van der Waals surface area contributed by atoms with Gasteiger partial charge >= 0.3 is 0 Å². The zero-order valence-corrected chi connectivity index (χ0v) is 9.64. The second kappa shape index (κ2) is 4.28. The minimum atomic E-state index is -0.513. The lowest BCUT2D eigenvalue weighted by Crippen LogP contribution is -2.30. The lowest BCUT2D eigenvalue weighted by atomic mass is 9.92. The van der Waals surface area contributed by atoms with Crippen molar-refractivity contribution in [3.8, 4) is 0 Å². The number of aromatic amines is 1. The van der Waals surface area contributed by atoms with Gasteiger partial charge in [0.1, 0.15) is 0 Å². The van der Waals surface area contributed by atoms with E-state index in [2.05, 4.69) is 4.98 Å². The van der Waals surface area contributed by atoms with Crippen LogP contribution in [-0.2, 0) is 0 Å². The number of fused-ring (bicyclic) bond motifs is 1. The van der Waals surface area contributed by atoms with Crippen LogP contribution in [0.1, 0.15) is 25.5 Å². The molecule has 4 N–H and O–H groups in total. The maximum Gasteiger partial charge on any atom is 0.0755 e. The molecular weight excluding hydrogens is 200 g/mol. The summed E-state index contributed by atoms with van der Waals surface area (Å²) in [4.78, 5) is 3.15. The minimum absolute atomic E-state index is 0.157. The highest BCUT2D eigenvalue weighted by molar-refractivity contribution is 5.83. The average Bonchev–Trinajstić information content (AvgIpc) is 2.74. The summed E-state index contributed by atoms with van der Waals surface area (Å²) in [5, 5.41) is 11.1. The van der Waals surface area contributed by atoms with Crippen molar-refractivity contribution in [2.24, 2.45) is 11.7 Å². The normalized spacial score (nSPS) is 15.6. The van der Waals surface area contributed by atoms with Crippen molar-refractivity contribution < 1.29 is 5.11 Å². The lowest BCUT2D eigenvalue weighted by molar-refractivity contribution is 0.0984. The van der Waals surface area contributed by atoms with Crippen molar-refractivity contribution in [3.63, 3.8) is 0 Å². The molecule has 0 saturated carbocycles. The lowest BCUT2D eigenvalue weighted by Gasteiger charge is -2.23. The van der Waals surface area contributed by atoms with Crippen LogP contribution < -0.4 is 5.73 Å². The molecule has 3 heteroatoms.